The van der Waals surface area contributed by atoms with Crippen molar-refractivity contribution in [3.63, 3.8) is 0 Å². The van der Waals surface area contributed by atoms with Gasteiger partial charge in [0.25, 0.3) is 5.89 Å². The van der Waals surface area contributed by atoms with Crippen molar-refractivity contribution in [3.8, 4) is 28.6 Å². The number of rotatable bonds is 11. The van der Waals surface area contributed by atoms with Crippen LogP contribution in [-0.4, -0.2) is 71.1 Å². The zero-order valence-corrected chi connectivity index (χ0v) is 21.0. The molecular weight excluding hydrogens is 448 g/mol. The summed E-state index contributed by atoms with van der Waals surface area (Å²) in [4.78, 5) is 17.9. The fourth-order valence-electron chi connectivity index (χ4n) is 3.74. The van der Waals surface area contributed by atoms with E-state index in [1.165, 1.54) is 11.1 Å². The van der Waals surface area contributed by atoms with Gasteiger partial charge in [0.05, 0.1) is 0 Å². The minimum atomic E-state index is -0.902. The molecule has 0 aliphatic carbocycles. The smallest absolute Gasteiger partial charge is 0.258 e. The summed E-state index contributed by atoms with van der Waals surface area (Å²) >= 11 is 0. The fraction of sp³-hybridized carbons (Fsp3) is 0.423. The van der Waals surface area contributed by atoms with Crippen LogP contribution in [0, 0.1) is 13.8 Å². The normalized spacial score (nSPS) is 12.1. The SMILES string of the molecule is CCc1cc(-c2noc(-c3ccc(C)c(CN(C)C)c3)n2)cc(C)c1OC[C@@H](O)CNC(=O)CO. The van der Waals surface area contributed by atoms with Gasteiger partial charge in [-0.1, -0.05) is 18.1 Å². The maximum Gasteiger partial charge on any atom is 0.258 e. The Morgan fingerprint density at radius 1 is 1.14 bits per heavy atom. The summed E-state index contributed by atoms with van der Waals surface area (Å²) in [5.74, 6) is 1.09. The molecule has 1 amide bonds. The number of benzene rings is 2. The first kappa shape index (κ1) is 26.3. The highest BCUT2D eigenvalue weighted by atomic mass is 16.5. The van der Waals surface area contributed by atoms with E-state index in [1.807, 2.05) is 46.1 Å². The first-order chi connectivity index (χ1) is 16.7. The number of hydrogen-bond acceptors (Lipinski definition) is 8. The van der Waals surface area contributed by atoms with Gasteiger partial charge in [-0.25, -0.2) is 0 Å². The summed E-state index contributed by atoms with van der Waals surface area (Å²) in [7, 11) is 4.07. The monoisotopic (exact) mass is 482 g/mol. The molecular formula is C26H34N4O5. The molecule has 0 saturated carbocycles. The Labute approximate surface area is 205 Å². The number of carbonyl (C=O) groups is 1. The summed E-state index contributed by atoms with van der Waals surface area (Å²) in [5.41, 5.74) is 5.93. The number of hydrogen-bond donors (Lipinski definition) is 3. The van der Waals surface area contributed by atoms with Crippen molar-refractivity contribution in [2.45, 2.75) is 39.8 Å². The van der Waals surface area contributed by atoms with E-state index in [-0.39, 0.29) is 13.2 Å². The molecule has 0 aliphatic rings. The number of aliphatic hydroxyl groups excluding tert-OH is 2. The van der Waals surface area contributed by atoms with E-state index in [0.29, 0.717) is 23.9 Å². The van der Waals surface area contributed by atoms with Crippen molar-refractivity contribution in [2.75, 3.05) is 33.9 Å². The average molecular weight is 483 g/mol. The second-order valence-electron chi connectivity index (χ2n) is 8.86. The summed E-state index contributed by atoms with van der Waals surface area (Å²) in [6, 6.07) is 10.0. The maximum atomic E-state index is 11.1. The second kappa shape index (κ2) is 11.9. The van der Waals surface area contributed by atoms with E-state index in [0.717, 1.165) is 28.8 Å². The molecule has 0 unspecified atom stereocenters. The first-order valence-corrected chi connectivity index (χ1v) is 11.6. The van der Waals surface area contributed by atoms with Crippen LogP contribution < -0.4 is 10.1 Å². The lowest BCUT2D eigenvalue weighted by molar-refractivity contribution is -0.124. The Hall–Kier alpha value is -3.27. The number of carbonyl (C=O) groups excluding carboxylic acids is 1. The summed E-state index contributed by atoms with van der Waals surface area (Å²) in [6.45, 7) is 6.24. The molecule has 9 heteroatoms. The molecule has 3 aromatic rings. The number of ether oxygens (including phenoxy) is 1. The van der Waals surface area contributed by atoms with Crippen molar-refractivity contribution in [1.29, 1.82) is 0 Å². The predicted molar refractivity (Wildman–Crippen MR) is 133 cm³/mol. The number of amides is 1. The number of nitrogens with zero attached hydrogens (tertiary/aromatic N) is 3. The van der Waals surface area contributed by atoms with E-state index in [4.69, 9.17) is 14.4 Å². The van der Waals surface area contributed by atoms with Gasteiger partial charge in [-0.3, -0.25) is 4.79 Å². The maximum absolute atomic E-state index is 11.1. The van der Waals surface area contributed by atoms with Crippen molar-refractivity contribution < 1.29 is 24.3 Å². The third kappa shape index (κ3) is 6.88. The Morgan fingerprint density at radius 3 is 2.57 bits per heavy atom. The van der Waals surface area contributed by atoms with Gasteiger partial charge in [0.1, 0.15) is 25.1 Å². The van der Waals surface area contributed by atoms with Crippen LogP contribution >= 0.6 is 0 Å². The van der Waals surface area contributed by atoms with Crippen LogP contribution in [0.15, 0.2) is 34.9 Å². The van der Waals surface area contributed by atoms with E-state index >= 15 is 0 Å². The number of nitrogens with one attached hydrogen (secondary N) is 1. The highest BCUT2D eigenvalue weighted by molar-refractivity contribution is 5.76. The average Bonchev–Trinajstić information content (AvgIpc) is 3.32. The molecule has 0 aliphatic heterocycles. The Bertz CT molecular complexity index is 1160. The fourth-order valence-corrected chi connectivity index (χ4v) is 3.74. The second-order valence-corrected chi connectivity index (χ2v) is 8.86. The lowest BCUT2D eigenvalue weighted by Gasteiger charge is -2.17. The summed E-state index contributed by atoms with van der Waals surface area (Å²) in [6.07, 6.45) is -0.196. The Kier molecular flexibility index (Phi) is 8.97. The topological polar surface area (TPSA) is 121 Å². The van der Waals surface area contributed by atoms with Gasteiger partial charge in [-0.05, 0) is 80.9 Å². The summed E-state index contributed by atoms with van der Waals surface area (Å²) in [5, 5.41) is 25.5. The molecule has 3 rings (SSSR count). The number of aromatic nitrogens is 2. The molecule has 0 spiro atoms. The molecule has 0 saturated heterocycles. The van der Waals surface area contributed by atoms with E-state index in [1.54, 1.807) is 0 Å². The van der Waals surface area contributed by atoms with Crippen LogP contribution in [0.25, 0.3) is 22.8 Å². The molecule has 188 valence electrons. The Morgan fingerprint density at radius 2 is 1.89 bits per heavy atom. The van der Waals surface area contributed by atoms with Crippen LogP contribution in [0.1, 0.15) is 29.2 Å². The van der Waals surface area contributed by atoms with Gasteiger partial charge >= 0.3 is 0 Å². The van der Waals surface area contributed by atoms with E-state index < -0.39 is 18.6 Å². The molecule has 1 aromatic heterocycles. The van der Waals surface area contributed by atoms with Crippen molar-refractivity contribution in [3.05, 3.63) is 52.6 Å². The van der Waals surface area contributed by atoms with Crippen molar-refractivity contribution in [1.82, 2.24) is 20.4 Å². The molecule has 35 heavy (non-hydrogen) atoms. The van der Waals surface area contributed by atoms with Gasteiger partial charge < -0.3 is 29.7 Å². The summed E-state index contributed by atoms with van der Waals surface area (Å²) < 4.78 is 11.5. The number of aliphatic hydroxyl groups is 2. The molecule has 3 N–H and O–H groups in total. The molecule has 1 atom stereocenters. The van der Waals surface area contributed by atoms with Gasteiger partial charge in [0.15, 0.2) is 0 Å². The molecule has 0 radical (unpaired) electrons. The first-order valence-electron chi connectivity index (χ1n) is 11.6. The Balaban J connectivity index is 1.78. The zero-order chi connectivity index (χ0) is 25.5. The zero-order valence-electron chi connectivity index (χ0n) is 21.0. The molecule has 2 aromatic carbocycles. The molecule has 0 fully saturated rings. The third-order valence-electron chi connectivity index (χ3n) is 5.60. The lowest BCUT2D eigenvalue weighted by atomic mass is 10.0. The molecule has 1 heterocycles. The van der Waals surface area contributed by atoms with E-state index in [2.05, 4.69) is 39.4 Å². The van der Waals surface area contributed by atoms with Crippen LogP contribution in [0.2, 0.25) is 0 Å². The minimum Gasteiger partial charge on any atom is -0.490 e. The minimum absolute atomic E-state index is 0.00110. The van der Waals surface area contributed by atoms with Crippen LogP contribution in [0.4, 0.5) is 0 Å². The van der Waals surface area contributed by atoms with Gasteiger partial charge in [-0.15, -0.1) is 0 Å². The standard InChI is InChI=1S/C26H34N4O5/c1-6-18-10-20(9-17(3)24(18)34-15-22(32)12-27-23(33)14-31)25-28-26(35-29-25)19-8-7-16(2)21(11-19)13-30(4)5/h7-11,22,31-32H,6,12-15H2,1-5H3,(H,27,33)/t22-/m0/s1. The van der Waals surface area contributed by atoms with Gasteiger partial charge in [0.2, 0.25) is 11.7 Å². The third-order valence-corrected chi connectivity index (χ3v) is 5.60. The quantitative estimate of drug-likeness (QED) is 0.381. The van der Waals surface area contributed by atoms with Gasteiger partial charge in [0, 0.05) is 24.2 Å². The molecule has 9 nitrogen and oxygen atoms in total. The van der Waals surface area contributed by atoms with Gasteiger partial charge in [-0.2, -0.15) is 4.98 Å². The van der Waals surface area contributed by atoms with Crippen LogP contribution in [-0.2, 0) is 17.8 Å². The van der Waals surface area contributed by atoms with E-state index in [9.17, 15) is 9.90 Å². The number of aryl methyl sites for hydroxylation is 3. The lowest BCUT2D eigenvalue weighted by Crippen LogP contribution is -2.36. The van der Waals surface area contributed by atoms with Crippen LogP contribution in [0.3, 0.4) is 0 Å². The predicted octanol–water partition coefficient (Wildman–Crippen LogP) is 2.49. The largest absolute Gasteiger partial charge is 0.490 e. The van der Waals surface area contributed by atoms with Crippen molar-refractivity contribution >= 4 is 5.91 Å². The highest BCUT2D eigenvalue weighted by Gasteiger charge is 2.17. The van der Waals surface area contributed by atoms with Crippen molar-refractivity contribution in [2.24, 2.45) is 0 Å². The van der Waals surface area contributed by atoms with Crippen LogP contribution in [0.5, 0.6) is 5.75 Å². The molecule has 0 bridgehead atoms. The highest BCUT2D eigenvalue weighted by Crippen LogP contribution is 2.31.